The van der Waals surface area contributed by atoms with Crippen LogP contribution in [0, 0.1) is 16.7 Å². The van der Waals surface area contributed by atoms with E-state index in [0.29, 0.717) is 5.41 Å². The lowest BCUT2D eigenvalue weighted by molar-refractivity contribution is 0.128. The van der Waals surface area contributed by atoms with Gasteiger partial charge in [0.2, 0.25) is 0 Å². The fourth-order valence-corrected chi connectivity index (χ4v) is 2.89. The van der Waals surface area contributed by atoms with E-state index in [1.807, 2.05) is 0 Å². The summed E-state index contributed by atoms with van der Waals surface area (Å²) >= 11 is 0. The number of hydrogen-bond donors (Lipinski definition) is 1. The Labute approximate surface area is 119 Å². The van der Waals surface area contributed by atoms with Crippen LogP contribution in [0.4, 0.5) is 0 Å². The highest BCUT2D eigenvalue weighted by molar-refractivity contribution is 5.06. The standard InChI is InChI=1S/C16H31N3/c1-5-16(14-17,18-6-2)8-7-11-19-12-9-15(3,4)10-13-19/h18H,5-13H2,1-4H3. The topological polar surface area (TPSA) is 39.1 Å². The number of nitrogens with one attached hydrogen (secondary N) is 1. The van der Waals surface area contributed by atoms with Crippen molar-refractivity contribution in [3.63, 3.8) is 0 Å². The maximum atomic E-state index is 9.39. The van der Waals surface area contributed by atoms with E-state index in [1.54, 1.807) is 0 Å². The normalized spacial score (nSPS) is 22.7. The van der Waals surface area contributed by atoms with Crippen LogP contribution in [0.5, 0.6) is 0 Å². The van der Waals surface area contributed by atoms with E-state index in [4.69, 9.17) is 0 Å². The van der Waals surface area contributed by atoms with Crippen LogP contribution in [0.3, 0.4) is 0 Å². The number of likely N-dealkylation sites (tertiary alicyclic amines) is 1. The first-order valence-corrected chi connectivity index (χ1v) is 7.85. The zero-order valence-corrected chi connectivity index (χ0v) is 13.3. The number of nitrogens with zero attached hydrogens (tertiary/aromatic N) is 2. The summed E-state index contributed by atoms with van der Waals surface area (Å²) < 4.78 is 0. The van der Waals surface area contributed by atoms with Gasteiger partial charge in [-0.15, -0.1) is 0 Å². The zero-order chi connectivity index (χ0) is 14.4. The molecule has 110 valence electrons. The van der Waals surface area contributed by atoms with Gasteiger partial charge in [0.25, 0.3) is 0 Å². The number of nitriles is 1. The quantitative estimate of drug-likeness (QED) is 0.768. The molecule has 0 aromatic rings. The first kappa shape index (κ1) is 16.5. The molecule has 0 aromatic carbocycles. The van der Waals surface area contributed by atoms with E-state index in [9.17, 15) is 5.26 Å². The van der Waals surface area contributed by atoms with Crippen molar-refractivity contribution >= 4 is 0 Å². The molecule has 19 heavy (non-hydrogen) atoms. The van der Waals surface area contributed by atoms with Gasteiger partial charge in [-0.25, -0.2) is 0 Å². The van der Waals surface area contributed by atoms with E-state index in [0.717, 1.165) is 32.4 Å². The monoisotopic (exact) mass is 265 g/mol. The van der Waals surface area contributed by atoms with Crippen molar-refractivity contribution in [3.8, 4) is 6.07 Å². The Morgan fingerprint density at radius 3 is 2.37 bits per heavy atom. The predicted octanol–water partition coefficient (Wildman–Crippen LogP) is 3.17. The van der Waals surface area contributed by atoms with E-state index in [1.165, 1.54) is 25.9 Å². The minimum absolute atomic E-state index is 0.302. The van der Waals surface area contributed by atoms with Gasteiger partial charge in [-0.05, 0) is 63.7 Å². The third-order valence-corrected chi connectivity index (χ3v) is 4.62. The second-order valence-electron chi connectivity index (χ2n) is 6.69. The average Bonchev–Trinajstić information content (AvgIpc) is 2.39. The van der Waals surface area contributed by atoms with Crippen molar-refractivity contribution in [1.82, 2.24) is 10.2 Å². The van der Waals surface area contributed by atoms with Crippen molar-refractivity contribution in [3.05, 3.63) is 0 Å². The SMILES string of the molecule is CCNC(C#N)(CC)CCCN1CCC(C)(C)CC1. The van der Waals surface area contributed by atoms with Gasteiger partial charge in [0.15, 0.2) is 0 Å². The molecule has 0 radical (unpaired) electrons. The highest BCUT2D eigenvalue weighted by atomic mass is 15.1. The minimum atomic E-state index is -0.302. The molecule has 1 heterocycles. The summed E-state index contributed by atoms with van der Waals surface area (Å²) in [5.74, 6) is 0. The smallest absolute Gasteiger partial charge is 0.106 e. The third kappa shape index (κ3) is 5.12. The maximum Gasteiger partial charge on any atom is 0.106 e. The molecule has 0 spiro atoms. The van der Waals surface area contributed by atoms with Crippen LogP contribution in [0.15, 0.2) is 0 Å². The molecule has 0 bridgehead atoms. The van der Waals surface area contributed by atoms with E-state index >= 15 is 0 Å². The van der Waals surface area contributed by atoms with Crippen LogP contribution in [-0.4, -0.2) is 36.6 Å². The molecule has 3 heteroatoms. The average molecular weight is 265 g/mol. The van der Waals surface area contributed by atoms with Crippen molar-refractivity contribution in [2.24, 2.45) is 5.41 Å². The van der Waals surface area contributed by atoms with Crippen LogP contribution in [0.2, 0.25) is 0 Å². The molecule has 0 aromatic heterocycles. The van der Waals surface area contributed by atoms with Gasteiger partial charge in [-0.3, -0.25) is 5.32 Å². The predicted molar refractivity (Wildman–Crippen MR) is 81.0 cm³/mol. The Morgan fingerprint density at radius 1 is 1.26 bits per heavy atom. The van der Waals surface area contributed by atoms with Crippen LogP contribution in [0.25, 0.3) is 0 Å². The maximum absolute atomic E-state index is 9.39. The van der Waals surface area contributed by atoms with E-state index in [-0.39, 0.29) is 5.54 Å². The van der Waals surface area contributed by atoms with E-state index < -0.39 is 0 Å². The number of hydrogen-bond acceptors (Lipinski definition) is 3. The van der Waals surface area contributed by atoms with Gasteiger partial charge in [0.1, 0.15) is 5.54 Å². The number of rotatable bonds is 7. The van der Waals surface area contributed by atoms with Crippen LogP contribution in [-0.2, 0) is 0 Å². The largest absolute Gasteiger partial charge is 0.303 e. The lowest BCUT2D eigenvalue weighted by atomic mass is 9.82. The highest BCUT2D eigenvalue weighted by Crippen LogP contribution is 2.29. The van der Waals surface area contributed by atoms with Gasteiger partial charge in [-0.1, -0.05) is 27.7 Å². The first-order chi connectivity index (χ1) is 8.97. The fraction of sp³-hybridized carbons (Fsp3) is 0.938. The third-order valence-electron chi connectivity index (χ3n) is 4.62. The molecule has 1 unspecified atom stereocenters. The summed E-state index contributed by atoms with van der Waals surface area (Å²) in [6.45, 7) is 13.4. The fourth-order valence-electron chi connectivity index (χ4n) is 2.89. The second kappa shape index (κ2) is 7.26. The molecule has 3 nitrogen and oxygen atoms in total. The molecule has 1 atom stereocenters. The Morgan fingerprint density at radius 2 is 1.89 bits per heavy atom. The minimum Gasteiger partial charge on any atom is -0.303 e. The van der Waals surface area contributed by atoms with Gasteiger partial charge in [0, 0.05) is 0 Å². The van der Waals surface area contributed by atoms with Crippen molar-refractivity contribution in [1.29, 1.82) is 5.26 Å². The van der Waals surface area contributed by atoms with E-state index in [2.05, 4.69) is 44.0 Å². The molecular formula is C16H31N3. The molecule has 0 saturated carbocycles. The molecule has 1 fully saturated rings. The molecule has 1 N–H and O–H groups in total. The van der Waals surface area contributed by atoms with Gasteiger partial charge < -0.3 is 4.90 Å². The van der Waals surface area contributed by atoms with Gasteiger partial charge in [-0.2, -0.15) is 5.26 Å². The van der Waals surface area contributed by atoms with Crippen molar-refractivity contribution < 1.29 is 0 Å². The molecule has 0 aliphatic carbocycles. The van der Waals surface area contributed by atoms with Gasteiger partial charge in [0.05, 0.1) is 6.07 Å². The van der Waals surface area contributed by atoms with Crippen molar-refractivity contribution in [2.45, 2.75) is 65.3 Å². The van der Waals surface area contributed by atoms with Crippen LogP contribution in [0.1, 0.15) is 59.8 Å². The van der Waals surface area contributed by atoms with Crippen LogP contribution < -0.4 is 5.32 Å². The van der Waals surface area contributed by atoms with Crippen molar-refractivity contribution in [2.75, 3.05) is 26.2 Å². The van der Waals surface area contributed by atoms with Crippen LogP contribution >= 0.6 is 0 Å². The summed E-state index contributed by atoms with van der Waals surface area (Å²) in [4.78, 5) is 2.56. The first-order valence-electron chi connectivity index (χ1n) is 7.85. The molecule has 1 aliphatic rings. The molecule has 1 aliphatic heterocycles. The Bertz CT molecular complexity index is 296. The summed E-state index contributed by atoms with van der Waals surface area (Å²) in [7, 11) is 0. The zero-order valence-electron chi connectivity index (χ0n) is 13.3. The highest BCUT2D eigenvalue weighted by Gasteiger charge is 2.28. The molecule has 1 rings (SSSR count). The summed E-state index contributed by atoms with van der Waals surface area (Å²) in [5, 5.41) is 12.8. The second-order valence-corrected chi connectivity index (χ2v) is 6.69. The summed E-state index contributed by atoms with van der Waals surface area (Å²) in [5.41, 5.74) is 0.226. The summed E-state index contributed by atoms with van der Waals surface area (Å²) in [6, 6.07) is 2.49. The Hall–Kier alpha value is -0.590. The number of piperidine rings is 1. The molecular weight excluding hydrogens is 234 g/mol. The molecule has 1 saturated heterocycles. The lowest BCUT2D eigenvalue weighted by Crippen LogP contribution is -2.44. The van der Waals surface area contributed by atoms with Gasteiger partial charge >= 0.3 is 0 Å². The lowest BCUT2D eigenvalue weighted by Gasteiger charge is -2.37. The Balaban J connectivity index is 2.32. The Kier molecular flexibility index (Phi) is 6.29. The molecule has 0 amide bonds. The summed E-state index contributed by atoms with van der Waals surface area (Å²) in [6.07, 6.45) is 5.59.